The van der Waals surface area contributed by atoms with Gasteiger partial charge in [-0.1, -0.05) is 60.7 Å². The molecule has 1 N–H and O–H groups in total. The Labute approximate surface area is 212 Å². The largest absolute Gasteiger partial charge is 0.461 e. The number of hydrogen-bond donors (Lipinski definition) is 1. The molecule has 1 atom stereocenters. The van der Waals surface area contributed by atoms with E-state index >= 15 is 0 Å². The van der Waals surface area contributed by atoms with E-state index < -0.39 is 35.5 Å². The summed E-state index contributed by atoms with van der Waals surface area (Å²) in [6.45, 7) is 5.49. The Bertz CT molecular complexity index is 984. The maximum atomic E-state index is 12.7. The van der Waals surface area contributed by atoms with Gasteiger partial charge in [0.15, 0.2) is 0 Å². The molecule has 36 heavy (non-hydrogen) atoms. The van der Waals surface area contributed by atoms with Gasteiger partial charge in [-0.3, -0.25) is 14.4 Å². The molecule has 0 bridgehead atoms. The smallest absolute Gasteiger partial charge is 0.328 e. The molecule has 194 valence electrons. The highest BCUT2D eigenvalue weighted by Crippen LogP contribution is 2.11. The summed E-state index contributed by atoms with van der Waals surface area (Å²) in [6.07, 6.45) is 0.334. The van der Waals surface area contributed by atoms with Crippen LogP contribution in [0.3, 0.4) is 0 Å². The van der Waals surface area contributed by atoms with Crippen molar-refractivity contribution in [2.75, 3.05) is 0 Å². The molecule has 0 saturated heterocycles. The van der Waals surface area contributed by atoms with E-state index in [1.165, 1.54) is 0 Å². The van der Waals surface area contributed by atoms with Crippen LogP contribution >= 0.6 is 0 Å². The summed E-state index contributed by atoms with van der Waals surface area (Å²) in [4.78, 5) is 49.3. The van der Waals surface area contributed by atoms with Crippen molar-refractivity contribution in [2.24, 2.45) is 0 Å². The van der Waals surface area contributed by atoms with Crippen LogP contribution in [0.1, 0.15) is 64.0 Å². The van der Waals surface area contributed by atoms with Crippen molar-refractivity contribution >= 4 is 23.8 Å². The van der Waals surface area contributed by atoms with Gasteiger partial charge in [0.25, 0.3) is 0 Å². The van der Waals surface area contributed by atoms with Crippen molar-refractivity contribution in [2.45, 2.75) is 77.7 Å². The zero-order valence-electron chi connectivity index (χ0n) is 21.2. The first-order valence-corrected chi connectivity index (χ1v) is 12.0. The summed E-state index contributed by atoms with van der Waals surface area (Å²) in [5, 5.41) is 2.63. The monoisotopic (exact) mass is 497 g/mol. The van der Waals surface area contributed by atoms with Gasteiger partial charge in [0.2, 0.25) is 5.91 Å². The Morgan fingerprint density at radius 2 is 1.31 bits per heavy atom. The third kappa shape index (κ3) is 12.1. The van der Waals surface area contributed by atoms with Crippen molar-refractivity contribution in [1.29, 1.82) is 0 Å². The summed E-state index contributed by atoms with van der Waals surface area (Å²) in [6, 6.07) is 17.4. The van der Waals surface area contributed by atoms with Crippen LogP contribution in [0, 0.1) is 0 Å². The Kier molecular flexibility index (Phi) is 11.6. The number of ether oxygens (including phenoxy) is 3. The summed E-state index contributed by atoms with van der Waals surface area (Å²) in [5.41, 5.74) is 1.06. The maximum Gasteiger partial charge on any atom is 0.328 e. The molecule has 0 aromatic heterocycles. The SMILES string of the molecule is CC(C)(C)OC(=O)CCCC(=O)N[C@@H](CCC(=O)OCc1ccccc1)C(=O)OCc1ccccc1. The molecule has 0 heterocycles. The average Bonchev–Trinajstić information content (AvgIpc) is 2.84. The molecular formula is C28H35NO7. The number of amides is 1. The van der Waals surface area contributed by atoms with Gasteiger partial charge in [0, 0.05) is 19.3 Å². The summed E-state index contributed by atoms with van der Waals surface area (Å²) < 4.78 is 15.9. The average molecular weight is 498 g/mol. The fraction of sp³-hybridized carbons (Fsp3) is 0.429. The van der Waals surface area contributed by atoms with Crippen LogP contribution in [0.5, 0.6) is 0 Å². The Morgan fingerprint density at radius 1 is 0.750 bits per heavy atom. The second-order valence-corrected chi connectivity index (χ2v) is 9.34. The molecule has 0 unspecified atom stereocenters. The van der Waals surface area contributed by atoms with E-state index in [2.05, 4.69) is 5.32 Å². The molecule has 8 heteroatoms. The van der Waals surface area contributed by atoms with Gasteiger partial charge in [-0.05, 0) is 44.7 Å². The van der Waals surface area contributed by atoms with Gasteiger partial charge in [0.1, 0.15) is 24.9 Å². The molecule has 0 fully saturated rings. The van der Waals surface area contributed by atoms with Gasteiger partial charge in [-0.2, -0.15) is 0 Å². The molecule has 0 aliphatic rings. The van der Waals surface area contributed by atoms with Crippen LogP contribution in [0.2, 0.25) is 0 Å². The molecule has 2 rings (SSSR count). The van der Waals surface area contributed by atoms with Crippen LogP contribution in [-0.2, 0) is 46.6 Å². The minimum Gasteiger partial charge on any atom is -0.461 e. The topological polar surface area (TPSA) is 108 Å². The van der Waals surface area contributed by atoms with Crippen molar-refractivity contribution in [1.82, 2.24) is 5.32 Å². The highest BCUT2D eigenvalue weighted by atomic mass is 16.6. The molecule has 2 aromatic carbocycles. The van der Waals surface area contributed by atoms with E-state index in [4.69, 9.17) is 14.2 Å². The van der Waals surface area contributed by atoms with Crippen molar-refractivity contribution in [3.63, 3.8) is 0 Å². The molecule has 8 nitrogen and oxygen atoms in total. The van der Waals surface area contributed by atoms with Crippen molar-refractivity contribution in [3.05, 3.63) is 71.8 Å². The fourth-order valence-corrected chi connectivity index (χ4v) is 3.20. The normalized spacial score (nSPS) is 11.8. The molecular weight excluding hydrogens is 462 g/mol. The van der Waals surface area contributed by atoms with Crippen molar-refractivity contribution < 1.29 is 33.4 Å². The quantitative estimate of drug-likeness (QED) is 0.326. The maximum absolute atomic E-state index is 12.7. The van der Waals surface area contributed by atoms with Gasteiger partial charge in [0.05, 0.1) is 0 Å². The van der Waals surface area contributed by atoms with E-state index in [1.54, 1.807) is 20.8 Å². The zero-order chi connectivity index (χ0) is 26.4. The third-order valence-corrected chi connectivity index (χ3v) is 4.93. The third-order valence-electron chi connectivity index (χ3n) is 4.93. The van der Waals surface area contributed by atoms with E-state index in [1.807, 2.05) is 60.7 Å². The summed E-state index contributed by atoms with van der Waals surface area (Å²) >= 11 is 0. The number of esters is 3. The van der Waals surface area contributed by atoms with Gasteiger partial charge >= 0.3 is 17.9 Å². The first-order valence-electron chi connectivity index (χ1n) is 12.0. The number of rotatable bonds is 13. The number of carbonyl (C=O) groups is 4. The van der Waals surface area contributed by atoms with E-state index in [0.717, 1.165) is 11.1 Å². The van der Waals surface area contributed by atoms with Crippen LogP contribution in [-0.4, -0.2) is 35.5 Å². The lowest BCUT2D eigenvalue weighted by Crippen LogP contribution is -2.42. The Hall–Kier alpha value is -3.68. The number of carbonyl (C=O) groups excluding carboxylic acids is 4. The summed E-state index contributed by atoms with van der Waals surface area (Å²) in [5.74, 6) is -1.94. The van der Waals surface area contributed by atoms with Gasteiger partial charge < -0.3 is 19.5 Å². The molecule has 0 aliphatic carbocycles. The number of benzene rings is 2. The Morgan fingerprint density at radius 3 is 1.86 bits per heavy atom. The van der Waals surface area contributed by atoms with Crippen LogP contribution in [0.15, 0.2) is 60.7 Å². The minimum absolute atomic E-state index is 0.0268. The molecule has 0 saturated carbocycles. The lowest BCUT2D eigenvalue weighted by Gasteiger charge is -2.19. The van der Waals surface area contributed by atoms with Gasteiger partial charge in [-0.25, -0.2) is 4.79 Å². The molecule has 2 aromatic rings. The summed E-state index contributed by atoms with van der Waals surface area (Å²) in [7, 11) is 0. The van der Waals surface area contributed by atoms with Gasteiger partial charge in [-0.15, -0.1) is 0 Å². The van der Waals surface area contributed by atoms with Crippen LogP contribution < -0.4 is 5.32 Å². The first-order chi connectivity index (χ1) is 17.1. The van der Waals surface area contributed by atoms with Crippen LogP contribution in [0.25, 0.3) is 0 Å². The second kappa shape index (κ2) is 14.7. The molecule has 0 aliphatic heterocycles. The lowest BCUT2D eigenvalue weighted by atomic mass is 10.1. The molecule has 0 spiro atoms. The van der Waals surface area contributed by atoms with E-state index in [0.29, 0.717) is 0 Å². The Balaban J connectivity index is 1.87. The predicted molar refractivity (Wildman–Crippen MR) is 133 cm³/mol. The highest BCUT2D eigenvalue weighted by molar-refractivity contribution is 5.85. The second-order valence-electron chi connectivity index (χ2n) is 9.34. The first kappa shape index (κ1) is 28.6. The van der Waals surface area contributed by atoms with Crippen LogP contribution in [0.4, 0.5) is 0 Å². The highest BCUT2D eigenvalue weighted by Gasteiger charge is 2.24. The van der Waals surface area contributed by atoms with E-state index in [-0.39, 0.29) is 45.3 Å². The predicted octanol–water partition coefficient (Wildman–Crippen LogP) is 4.25. The molecule has 1 amide bonds. The lowest BCUT2D eigenvalue weighted by molar-refractivity contribution is -0.155. The standard InChI is InChI=1S/C28H35NO7/c1-28(2,3)36-26(32)16-10-15-24(30)29-23(27(33)35-20-22-13-8-5-9-14-22)17-18-25(31)34-19-21-11-6-4-7-12-21/h4-9,11-14,23H,10,15-20H2,1-3H3,(H,29,30)/t23-/m0/s1. The van der Waals surface area contributed by atoms with Crippen molar-refractivity contribution in [3.8, 4) is 0 Å². The number of hydrogen-bond acceptors (Lipinski definition) is 7. The van der Waals surface area contributed by atoms with E-state index in [9.17, 15) is 19.2 Å². The minimum atomic E-state index is -1.02. The number of nitrogens with one attached hydrogen (secondary N) is 1. The zero-order valence-corrected chi connectivity index (χ0v) is 21.2. The molecule has 0 radical (unpaired) electrons. The fourth-order valence-electron chi connectivity index (χ4n) is 3.20.